The Morgan fingerprint density at radius 1 is 1.23 bits per heavy atom. The number of hydrogen-bond donors (Lipinski definition) is 2. The number of nitrogens with zero attached hydrogens (tertiary/aromatic N) is 2. The normalized spacial score (nSPS) is 15.5. The number of halogens is 5. The lowest BCUT2D eigenvalue weighted by Crippen LogP contribution is -2.42. The first-order valence-electron chi connectivity index (χ1n) is 8.65. The maximum atomic E-state index is 14.0. The number of ether oxygens (including phenoxy) is 1. The number of aromatic nitrogens is 2. The lowest BCUT2D eigenvalue weighted by Gasteiger charge is -2.29. The van der Waals surface area contributed by atoms with Gasteiger partial charge in [-0.2, -0.15) is 0 Å². The molecule has 1 heterocycles. The summed E-state index contributed by atoms with van der Waals surface area (Å²) in [5.41, 5.74) is 0.212. The van der Waals surface area contributed by atoms with E-state index in [1.54, 1.807) is 20.8 Å². The van der Waals surface area contributed by atoms with E-state index < -0.39 is 46.2 Å². The van der Waals surface area contributed by atoms with Crippen LogP contribution >= 0.6 is 11.6 Å². The van der Waals surface area contributed by atoms with Crippen LogP contribution < -0.4 is 9.46 Å². The number of aliphatic hydroxyl groups is 1. The van der Waals surface area contributed by atoms with Crippen LogP contribution in [0.4, 0.5) is 17.6 Å². The molecule has 0 saturated heterocycles. The molecule has 0 spiro atoms. The molecule has 1 aromatic carbocycles. The fourth-order valence-electron chi connectivity index (χ4n) is 2.38. The van der Waals surface area contributed by atoms with Gasteiger partial charge >= 0.3 is 6.36 Å². The number of benzene rings is 1. The minimum atomic E-state index is -5.05. The molecule has 3 atom stereocenters. The second-order valence-electron chi connectivity index (χ2n) is 7.27. The van der Waals surface area contributed by atoms with E-state index in [0.29, 0.717) is 0 Å². The lowest BCUT2D eigenvalue weighted by atomic mass is 10.0. The van der Waals surface area contributed by atoms with Gasteiger partial charge in [-0.3, -0.25) is 4.98 Å². The molecular formula is C18H20ClF4N3O3S. The summed E-state index contributed by atoms with van der Waals surface area (Å²) in [5.74, 6) is -2.30. The quantitative estimate of drug-likeness (QED) is 0.462. The molecule has 166 valence electrons. The van der Waals surface area contributed by atoms with E-state index in [4.69, 9.17) is 11.6 Å². The predicted octanol–water partition coefficient (Wildman–Crippen LogP) is 4.38. The molecule has 2 rings (SSSR count). The molecule has 2 N–H and O–H groups in total. The largest absolute Gasteiger partial charge is 0.598 e. The highest BCUT2D eigenvalue weighted by Gasteiger charge is 2.34. The summed E-state index contributed by atoms with van der Waals surface area (Å²) in [7, 11) is 0. The van der Waals surface area contributed by atoms with Crippen molar-refractivity contribution in [3.05, 3.63) is 52.8 Å². The van der Waals surface area contributed by atoms with Gasteiger partial charge in [0.15, 0.2) is 16.7 Å². The summed E-state index contributed by atoms with van der Waals surface area (Å²) in [6.45, 7) is 5.20. The number of alkyl halides is 3. The van der Waals surface area contributed by atoms with Gasteiger partial charge in [0.25, 0.3) is 0 Å². The van der Waals surface area contributed by atoms with Crippen molar-refractivity contribution in [3.63, 3.8) is 0 Å². The number of rotatable bonds is 7. The first-order chi connectivity index (χ1) is 13.8. The fraction of sp³-hybridized carbons (Fsp3) is 0.444. The summed E-state index contributed by atoms with van der Waals surface area (Å²) in [6, 6.07) is 1.77. The summed E-state index contributed by atoms with van der Waals surface area (Å²) < 4.78 is 69.2. The van der Waals surface area contributed by atoms with Crippen LogP contribution in [0.1, 0.15) is 50.6 Å². The minimum Gasteiger partial charge on any atom is -0.598 e. The number of aliphatic hydroxyl groups excluding tert-OH is 1. The third kappa shape index (κ3) is 6.95. The van der Waals surface area contributed by atoms with Crippen LogP contribution in [-0.2, 0) is 11.4 Å². The zero-order valence-electron chi connectivity index (χ0n) is 16.2. The van der Waals surface area contributed by atoms with E-state index in [2.05, 4.69) is 19.4 Å². The molecule has 0 aliphatic heterocycles. The lowest BCUT2D eigenvalue weighted by molar-refractivity contribution is -0.275. The Hall–Kier alpha value is -1.66. The Bertz CT molecular complexity index is 867. The first kappa shape index (κ1) is 24.6. The summed E-state index contributed by atoms with van der Waals surface area (Å²) in [4.78, 5) is 8.02. The molecule has 0 radical (unpaired) electrons. The highest BCUT2D eigenvalue weighted by Crippen LogP contribution is 2.33. The van der Waals surface area contributed by atoms with Crippen LogP contribution in [0.3, 0.4) is 0 Å². The Labute approximate surface area is 179 Å². The monoisotopic (exact) mass is 469 g/mol. The van der Waals surface area contributed by atoms with Gasteiger partial charge in [-0.1, -0.05) is 17.7 Å². The van der Waals surface area contributed by atoms with E-state index in [1.165, 1.54) is 12.4 Å². The van der Waals surface area contributed by atoms with Crippen LogP contribution in [0.5, 0.6) is 5.75 Å². The molecule has 0 saturated carbocycles. The van der Waals surface area contributed by atoms with Crippen molar-refractivity contribution >= 4 is 23.0 Å². The Kier molecular flexibility index (Phi) is 7.91. The van der Waals surface area contributed by atoms with Gasteiger partial charge in [0.1, 0.15) is 10.8 Å². The molecule has 0 bridgehead atoms. The molecule has 0 aliphatic carbocycles. The molecular weight excluding hydrogens is 450 g/mol. The van der Waals surface area contributed by atoms with Crippen LogP contribution in [0.2, 0.25) is 5.15 Å². The summed E-state index contributed by atoms with van der Waals surface area (Å²) in [5, 5.41) is 10.6. The molecule has 30 heavy (non-hydrogen) atoms. The standard InChI is InChI=1S/C18H20ClF4N3O3S/c1-17(2,3)30(28)26-12(15-16(19)25-7-6-24-15)9-13(27)10-4-5-14(11(20)8-10)29-18(21,22)23/h4-8,12-13,26-27H,9H2,1-3H3/t12?,13-,30?/m0/s1. The minimum absolute atomic E-state index is 0.00428. The first-order valence-corrected chi connectivity index (χ1v) is 10.2. The van der Waals surface area contributed by atoms with Crippen LogP contribution in [0.25, 0.3) is 0 Å². The van der Waals surface area contributed by atoms with Crippen molar-refractivity contribution in [1.82, 2.24) is 14.7 Å². The van der Waals surface area contributed by atoms with Crippen LogP contribution in [0.15, 0.2) is 30.6 Å². The van der Waals surface area contributed by atoms with E-state index in [1.807, 2.05) is 0 Å². The second-order valence-corrected chi connectivity index (χ2v) is 9.63. The van der Waals surface area contributed by atoms with Crippen molar-refractivity contribution < 1.29 is 32.0 Å². The van der Waals surface area contributed by atoms with Gasteiger partial charge in [0.05, 0.1) is 11.8 Å². The predicted molar refractivity (Wildman–Crippen MR) is 103 cm³/mol. The third-order valence-electron chi connectivity index (χ3n) is 3.84. The van der Waals surface area contributed by atoms with E-state index >= 15 is 0 Å². The molecule has 2 unspecified atom stereocenters. The van der Waals surface area contributed by atoms with Gasteiger partial charge in [0.2, 0.25) is 0 Å². The molecule has 0 fully saturated rings. The molecule has 0 amide bonds. The highest BCUT2D eigenvalue weighted by atomic mass is 35.5. The SMILES string of the molecule is CC(C)(C)[S+]([O-])NC(C[C@H](O)c1ccc(OC(F)(F)F)c(F)c1)c1nccnc1Cl. The maximum Gasteiger partial charge on any atom is 0.573 e. The Morgan fingerprint density at radius 3 is 2.40 bits per heavy atom. The Morgan fingerprint density at radius 2 is 1.87 bits per heavy atom. The van der Waals surface area contributed by atoms with E-state index in [0.717, 1.165) is 18.2 Å². The summed E-state index contributed by atoms with van der Waals surface area (Å²) in [6.07, 6.45) is -3.82. The van der Waals surface area contributed by atoms with Crippen molar-refractivity contribution in [3.8, 4) is 5.75 Å². The molecule has 0 aliphatic rings. The van der Waals surface area contributed by atoms with Gasteiger partial charge in [0, 0.05) is 30.2 Å². The average molecular weight is 470 g/mol. The molecule has 1 aromatic heterocycles. The van der Waals surface area contributed by atoms with E-state index in [9.17, 15) is 27.2 Å². The average Bonchev–Trinajstić information content (AvgIpc) is 2.61. The van der Waals surface area contributed by atoms with E-state index in [-0.39, 0.29) is 22.8 Å². The highest BCUT2D eigenvalue weighted by molar-refractivity contribution is 7.90. The zero-order valence-corrected chi connectivity index (χ0v) is 17.8. The van der Waals surface area contributed by atoms with Crippen molar-refractivity contribution in [1.29, 1.82) is 0 Å². The third-order valence-corrected chi connectivity index (χ3v) is 5.74. The number of nitrogens with one attached hydrogen (secondary N) is 1. The van der Waals surface area contributed by atoms with Crippen molar-refractivity contribution in [2.75, 3.05) is 0 Å². The van der Waals surface area contributed by atoms with Gasteiger partial charge in [-0.15, -0.1) is 17.9 Å². The van der Waals surface area contributed by atoms with Gasteiger partial charge in [-0.25, -0.2) is 9.37 Å². The number of hydrogen-bond acceptors (Lipinski definition) is 6. The smallest absolute Gasteiger partial charge is 0.573 e. The Balaban J connectivity index is 2.26. The fourth-order valence-corrected chi connectivity index (χ4v) is 3.43. The molecule has 6 nitrogen and oxygen atoms in total. The summed E-state index contributed by atoms with van der Waals surface area (Å²) >= 11 is 4.50. The van der Waals surface area contributed by atoms with Crippen LogP contribution in [0, 0.1) is 5.82 Å². The van der Waals surface area contributed by atoms with Crippen LogP contribution in [-0.4, -0.2) is 30.7 Å². The topological polar surface area (TPSA) is 90.3 Å². The second kappa shape index (κ2) is 9.65. The zero-order chi connectivity index (χ0) is 22.7. The molecule has 2 aromatic rings. The maximum absolute atomic E-state index is 14.0. The molecule has 12 heteroatoms. The van der Waals surface area contributed by atoms with Crippen molar-refractivity contribution in [2.24, 2.45) is 0 Å². The van der Waals surface area contributed by atoms with Gasteiger partial charge in [-0.05, 0) is 38.5 Å². The van der Waals surface area contributed by atoms with Crippen molar-refractivity contribution in [2.45, 2.75) is 50.4 Å². The van der Waals surface area contributed by atoms with Gasteiger partial charge < -0.3 is 14.4 Å².